The molecule has 0 bridgehead atoms. The van der Waals surface area contributed by atoms with Crippen molar-refractivity contribution in [2.24, 2.45) is 0 Å². The van der Waals surface area contributed by atoms with Crippen LogP contribution in [0, 0.1) is 37.3 Å². The Hall–Kier alpha value is -6.84. The molecule has 0 atom stereocenters. The van der Waals surface area contributed by atoms with Gasteiger partial charge in [0.2, 0.25) is 0 Å². The SMILES string of the molecule is CCCCCC(=O)Cc1ccc2c(=O)occc2c1[N+](=O)[O-].Cc1ccc2c(=O)occc2c1[N+](=O)[O-].O=c1occc2c([N+](=O)[O-])cccc12. The molecule has 0 fully saturated rings. The third-order valence-corrected chi connectivity index (χ3v) is 7.70. The van der Waals surface area contributed by atoms with Crippen molar-refractivity contribution in [1.29, 1.82) is 0 Å². The number of aryl methyl sites for hydroxylation is 1. The molecule has 3 aromatic heterocycles. The van der Waals surface area contributed by atoms with E-state index in [2.05, 4.69) is 8.83 Å². The predicted molar refractivity (Wildman–Crippen MR) is 185 cm³/mol. The van der Waals surface area contributed by atoms with Crippen LogP contribution in [0.3, 0.4) is 0 Å². The fourth-order valence-corrected chi connectivity index (χ4v) is 5.28. The van der Waals surface area contributed by atoms with Crippen LogP contribution in [0.5, 0.6) is 0 Å². The highest BCUT2D eigenvalue weighted by atomic mass is 16.6. The van der Waals surface area contributed by atoms with Crippen LogP contribution in [0.4, 0.5) is 17.1 Å². The van der Waals surface area contributed by atoms with Gasteiger partial charge in [0.05, 0.1) is 65.9 Å². The van der Waals surface area contributed by atoms with Gasteiger partial charge in [-0.2, -0.15) is 0 Å². The molecule has 0 radical (unpaired) electrons. The minimum absolute atomic E-state index is 0.0101. The maximum absolute atomic E-state index is 12.0. The molecule has 16 nitrogen and oxygen atoms in total. The maximum Gasteiger partial charge on any atom is 0.343 e. The number of nitro groups is 3. The van der Waals surface area contributed by atoms with Crippen LogP contribution < -0.4 is 16.9 Å². The largest absolute Gasteiger partial charge is 0.431 e. The van der Waals surface area contributed by atoms with E-state index in [4.69, 9.17) is 4.42 Å². The number of Topliss-reactive ketones (excluding diaryl/α,β-unsaturated/α-hetero) is 1. The third kappa shape index (κ3) is 8.61. The fraction of sp³-hybridized carbons (Fsp3) is 0.200. The topological polar surface area (TPSA) is 237 Å². The van der Waals surface area contributed by atoms with Gasteiger partial charge in [0.25, 0.3) is 17.1 Å². The molecular weight excluding hydrogens is 670 g/mol. The highest BCUT2D eigenvalue weighted by molar-refractivity contribution is 5.94. The van der Waals surface area contributed by atoms with Crippen molar-refractivity contribution in [2.75, 3.05) is 0 Å². The molecule has 0 aliphatic carbocycles. The molecular formula is C35H29N3O13. The number of nitro benzene ring substituents is 3. The number of fused-ring (bicyclic) bond motifs is 3. The predicted octanol–water partition coefficient (Wildman–Crippen LogP) is 7.10. The summed E-state index contributed by atoms with van der Waals surface area (Å²) in [5, 5.41) is 34.2. The normalized spacial score (nSPS) is 10.5. The molecule has 51 heavy (non-hydrogen) atoms. The first kappa shape index (κ1) is 37.0. The van der Waals surface area contributed by atoms with Crippen molar-refractivity contribution < 1.29 is 32.8 Å². The molecule has 0 saturated carbocycles. The van der Waals surface area contributed by atoms with E-state index in [0.29, 0.717) is 28.3 Å². The summed E-state index contributed by atoms with van der Waals surface area (Å²) in [6, 6.07) is 14.5. The van der Waals surface area contributed by atoms with Crippen LogP contribution in [0.25, 0.3) is 32.3 Å². The van der Waals surface area contributed by atoms with Crippen molar-refractivity contribution in [1.82, 2.24) is 0 Å². The molecule has 0 aliphatic heterocycles. The van der Waals surface area contributed by atoms with E-state index >= 15 is 0 Å². The molecule has 6 aromatic rings. The van der Waals surface area contributed by atoms with Gasteiger partial charge in [-0.05, 0) is 49.7 Å². The first-order valence-electron chi connectivity index (χ1n) is 15.4. The van der Waals surface area contributed by atoms with Gasteiger partial charge in [0, 0.05) is 30.0 Å². The summed E-state index contributed by atoms with van der Waals surface area (Å²) in [7, 11) is 0. The van der Waals surface area contributed by atoms with Gasteiger partial charge < -0.3 is 13.3 Å². The zero-order chi connectivity index (χ0) is 37.2. The lowest BCUT2D eigenvalue weighted by Gasteiger charge is -2.05. The Kier molecular flexibility index (Phi) is 12.0. The minimum atomic E-state index is -0.624. The molecule has 0 aliphatic rings. The van der Waals surface area contributed by atoms with Crippen molar-refractivity contribution in [3.05, 3.63) is 152 Å². The number of benzene rings is 3. The second-order valence-corrected chi connectivity index (χ2v) is 11.0. The van der Waals surface area contributed by atoms with Gasteiger partial charge in [0.1, 0.15) is 5.78 Å². The summed E-state index contributed by atoms with van der Waals surface area (Å²) >= 11 is 0. The molecule has 16 heteroatoms. The Morgan fingerprint density at radius 2 is 1.12 bits per heavy atom. The number of unbranched alkanes of at least 4 members (excludes halogenated alkanes) is 2. The monoisotopic (exact) mass is 699 g/mol. The van der Waals surface area contributed by atoms with Gasteiger partial charge in [-0.3, -0.25) is 35.1 Å². The van der Waals surface area contributed by atoms with Crippen LogP contribution in [0.15, 0.2) is 107 Å². The summed E-state index contributed by atoms with van der Waals surface area (Å²) < 4.78 is 14.0. The molecule has 0 amide bonds. The number of rotatable bonds is 9. The number of carbonyl (C=O) groups excluding carboxylic acids is 1. The Bertz CT molecular complexity index is 2460. The maximum atomic E-state index is 12.0. The average Bonchev–Trinajstić information content (AvgIpc) is 3.08. The van der Waals surface area contributed by atoms with E-state index in [1.165, 1.54) is 60.7 Å². The van der Waals surface area contributed by atoms with Crippen LogP contribution in [0.2, 0.25) is 0 Å². The smallest absolute Gasteiger partial charge is 0.343 e. The first-order valence-corrected chi connectivity index (χ1v) is 15.4. The number of ketones is 1. The number of nitrogens with zero attached hydrogens (tertiary/aromatic N) is 3. The Morgan fingerprint density at radius 3 is 1.65 bits per heavy atom. The lowest BCUT2D eigenvalue weighted by molar-refractivity contribution is -0.383. The van der Waals surface area contributed by atoms with Crippen molar-refractivity contribution in [2.45, 2.75) is 46.0 Å². The van der Waals surface area contributed by atoms with Crippen LogP contribution >= 0.6 is 0 Å². The average molecular weight is 700 g/mol. The van der Waals surface area contributed by atoms with Crippen molar-refractivity contribution >= 4 is 55.2 Å². The molecule has 0 N–H and O–H groups in total. The van der Waals surface area contributed by atoms with E-state index in [-0.39, 0.29) is 50.8 Å². The van der Waals surface area contributed by atoms with Crippen LogP contribution in [0.1, 0.15) is 43.7 Å². The first-order chi connectivity index (χ1) is 24.3. The van der Waals surface area contributed by atoms with E-state index in [1.807, 2.05) is 6.92 Å². The second kappa shape index (κ2) is 16.5. The quantitative estimate of drug-likeness (QED) is 0.0832. The number of carbonyl (C=O) groups is 1. The van der Waals surface area contributed by atoms with Crippen molar-refractivity contribution in [3.63, 3.8) is 0 Å². The fourth-order valence-electron chi connectivity index (χ4n) is 5.28. The Labute approximate surface area is 286 Å². The standard InChI is InChI=1S/C16H17NO5.C10H7NO4.C9H5NO4/c1-2-3-4-5-12(18)10-11-6-7-14-13(15(11)17(20)21)8-9-22-16(14)19;1-6-2-3-8-7(9(6)11(13)14)4-5-15-10(8)12;11-9-7-2-1-3-8(10(12)13)6(7)4-5-14-9/h6-9H,2-5,10H2,1H3;2-5H,1H3;1-5H. The second-order valence-electron chi connectivity index (χ2n) is 11.0. The molecule has 0 unspecified atom stereocenters. The molecule has 3 aromatic carbocycles. The molecule has 0 saturated heterocycles. The molecule has 262 valence electrons. The number of non-ortho nitro benzene ring substituents is 1. The number of hydrogen-bond donors (Lipinski definition) is 0. The van der Waals surface area contributed by atoms with Gasteiger partial charge >= 0.3 is 16.9 Å². The van der Waals surface area contributed by atoms with E-state index in [1.54, 1.807) is 6.92 Å². The lowest BCUT2D eigenvalue weighted by Crippen LogP contribution is -2.07. The van der Waals surface area contributed by atoms with Crippen LogP contribution in [-0.2, 0) is 11.2 Å². The lowest BCUT2D eigenvalue weighted by atomic mass is 9.99. The van der Waals surface area contributed by atoms with E-state index in [0.717, 1.165) is 38.1 Å². The van der Waals surface area contributed by atoms with Gasteiger partial charge in [-0.25, -0.2) is 14.4 Å². The van der Waals surface area contributed by atoms with Crippen molar-refractivity contribution in [3.8, 4) is 0 Å². The van der Waals surface area contributed by atoms with Gasteiger partial charge in [-0.15, -0.1) is 0 Å². The summed E-state index contributed by atoms with van der Waals surface area (Å²) in [4.78, 5) is 77.2. The van der Waals surface area contributed by atoms with E-state index < -0.39 is 31.6 Å². The van der Waals surface area contributed by atoms with E-state index in [9.17, 15) is 49.5 Å². The Balaban J connectivity index is 0.000000177. The summed E-state index contributed by atoms with van der Waals surface area (Å²) in [5.41, 5.74) is -1.20. The zero-order valence-electron chi connectivity index (χ0n) is 27.2. The van der Waals surface area contributed by atoms with Gasteiger partial charge in [-0.1, -0.05) is 38.0 Å². The third-order valence-electron chi connectivity index (χ3n) is 7.70. The number of hydrogen-bond acceptors (Lipinski definition) is 13. The molecule has 6 rings (SSSR count). The summed E-state index contributed by atoms with van der Waals surface area (Å²) in [5.74, 6) is -0.0288. The summed E-state index contributed by atoms with van der Waals surface area (Å²) in [6.07, 6.45) is 6.64. The highest BCUT2D eigenvalue weighted by Gasteiger charge is 2.22. The molecule has 3 heterocycles. The van der Waals surface area contributed by atoms with Gasteiger partial charge in [0.15, 0.2) is 0 Å². The zero-order valence-corrected chi connectivity index (χ0v) is 27.2. The van der Waals surface area contributed by atoms with Crippen LogP contribution in [-0.4, -0.2) is 20.6 Å². The highest BCUT2D eigenvalue weighted by Crippen LogP contribution is 2.29. The molecule has 0 spiro atoms. The minimum Gasteiger partial charge on any atom is -0.431 e. The summed E-state index contributed by atoms with van der Waals surface area (Å²) in [6.45, 7) is 3.68. The Morgan fingerprint density at radius 1 is 0.608 bits per heavy atom.